The Bertz CT molecular complexity index is 643. The summed E-state index contributed by atoms with van der Waals surface area (Å²) in [5.41, 5.74) is 0.125. The van der Waals surface area contributed by atoms with Crippen LogP contribution in [0.1, 0.15) is 5.89 Å². The number of rotatable bonds is 4. The molecule has 10 heteroatoms. The fraction of sp³-hybridized carbons (Fsp3) is 0.273. The maximum Gasteiger partial charge on any atom is 0.401 e. The lowest BCUT2D eigenvalue weighted by Gasteiger charge is -2.05. The van der Waals surface area contributed by atoms with Gasteiger partial charge in [-0.05, 0) is 28.1 Å². The van der Waals surface area contributed by atoms with Crippen molar-refractivity contribution >= 4 is 15.9 Å². The molecule has 0 aliphatic heterocycles. The second-order valence-electron chi connectivity index (χ2n) is 3.95. The predicted octanol–water partition coefficient (Wildman–Crippen LogP) is 3.43. The first-order valence-electron chi connectivity index (χ1n) is 5.52. The van der Waals surface area contributed by atoms with E-state index in [0.29, 0.717) is 0 Å². The Hall–Kier alpha value is -1.55. The van der Waals surface area contributed by atoms with Crippen molar-refractivity contribution in [2.45, 2.75) is 12.7 Å². The number of halogens is 6. The Morgan fingerprint density at radius 1 is 1.24 bits per heavy atom. The average molecular weight is 372 g/mol. The standard InChI is InChI=1S/C11H7BrF5N3O/c12-8-5(1-2-6(13)9(8)14)10-19-7(21-20-10)3-18-4-11(15,16)17/h1-2,18H,3-4H2. The molecule has 0 unspecified atom stereocenters. The summed E-state index contributed by atoms with van der Waals surface area (Å²) in [6.07, 6.45) is -4.36. The van der Waals surface area contributed by atoms with Gasteiger partial charge in [-0.15, -0.1) is 0 Å². The molecule has 1 N–H and O–H groups in total. The van der Waals surface area contributed by atoms with E-state index < -0.39 is 24.4 Å². The molecule has 0 saturated carbocycles. The lowest BCUT2D eigenvalue weighted by atomic mass is 10.2. The fourth-order valence-corrected chi connectivity index (χ4v) is 1.94. The predicted molar refractivity (Wildman–Crippen MR) is 65.1 cm³/mol. The topological polar surface area (TPSA) is 51.0 Å². The van der Waals surface area contributed by atoms with E-state index in [4.69, 9.17) is 4.52 Å². The highest BCUT2D eigenvalue weighted by molar-refractivity contribution is 9.10. The van der Waals surface area contributed by atoms with Crippen LogP contribution < -0.4 is 5.32 Å². The zero-order valence-electron chi connectivity index (χ0n) is 10.1. The molecule has 0 fully saturated rings. The Labute approximate surface area is 123 Å². The summed E-state index contributed by atoms with van der Waals surface area (Å²) in [4.78, 5) is 3.80. The number of aromatic nitrogens is 2. The minimum atomic E-state index is -4.36. The third-order valence-electron chi connectivity index (χ3n) is 2.35. The van der Waals surface area contributed by atoms with Gasteiger partial charge >= 0.3 is 6.18 Å². The monoisotopic (exact) mass is 371 g/mol. The van der Waals surface area contributed by atoms with Crippen LogP contribution >= 0.6 is 15.9 Å². The maximum absolute atomic E-state index is 13.4. The van der Waals surface area contributed by atoms with Crippen molar-refractivity contribution in [3.05, 3.63) is 34.1 Å². The minimum Gasteiger partial charge on any atom is -0.338 e. The van der Waals surface area contributed by atoms with Gasteiger partial charge in [-0.25, -0.2) is 8.78 Å². The summed E-state index contributed by atoms with van der Waals surface area (Å²) in [6.45, 7) is -1.51. The quantitative estimate of drug-likeness (QED) is 0.660. The first-order chi connectivity index (χ1) is 9.78. The summed E-state index contributed by atoms with van der Waals surface area (Å²) in [7, 11) is 0. The van der Waals surface area contributed by atoms with Crippen LogP contribution in [0.25, 0.3) is 11.4 Å². The van der Waals surface area contributed by atoms with E-state index in [1.165, 1.54) is 6.07 Å². The van der Waals surface area contributed by atoms with Crippen molar-refractivity contribution in [1.29, 1.82) is 0 Å². The van der Waals surface area contributed by atoms with Gasteiger partial charge in [0.15, 0.2) is 11.6 Å². The molecule has 0 atom stereocenters. The van der Waals surface area contributed by atoms with Crippen LogP contribution in [0.5, 0.6) is 0 Å². The van der Waals surface area contributed by atoms with Gasteiger partial charge in [0.1, 0.15) is 0 Å². The Morgan fingerprint density at radius 2 is 1.95 bits per heavy atom. The molecule has 2 rings (SSSR count). The molecule has 4 nitrogen and oxygen atoms in total. The van der Waals surface area contributed by atoms with Crippen molar-refractivity contribution in [3.8, 4) is 11.4 Å². The van der Waals surface area contributed by atoms with Crippen LogP contribution in [-0.2, 0) is 6.54 Å². The normalized spacial score (nSPS) is 11.9. The zero-order valence-corrected chi connectivity index (χ0v) is 11.7. The molecule has 0 spiro atoms. The van der Waals surface area contributed by atoms with Gasteiger partial charge in [-0.1, -0.05) is 5.16 Å². The first kappa shape index (κ1) is 15.8. The molecule has 0 bridgehead atoms. The molecule has 0 saturated heterocycles. The largest absolute Gasteiger partial charge is 0.401 e. The lowest BCUT2D eigenvalue weighted by molar-refractivity contribution is -0.125. The van der Waals surface area contributed by atoms with E-state index in [1.807, 2.05) is 0 Å². The average Bonchev–Trinajstić information content (AvgIpc) is 2.83. The fourth-order valence-electron chi connectivity index (χ4n) is 1.45. The van der Waals surface area contributed by atoms with Crippen LogP contribution in [-0.4, -0.2) is 22.9 Å². The molecule has 0 aliphatic rings. The summed E-state index contributed by atoms with van der Waals surface area (Å²) < 4.78 is 66.7. The lowest BCUT2D eigenvalue weighted by Crippen LogP contribution is -2.28. The van der Waals surface area contributed by atoms with Crippen molar-refractivity contribution in [3.63, 3.8) is 0 Å². The summed E-state index contributed by atoms with van der Waals surface area (Å²) in [5, 5.41) is 5.58. The number of alkyl halides is 3. The molecule has 0 aliphatic carbocycles. The summed E-state index contributed by atoms with van der Waals surface area (Å²) in [5.74, 6) is -2.34. The molecule has 21 heavy (non-hydrogen) atoms. The van der Waals surface area contributed by atoms with Crippen molar-refractivity contribution in [2.75, 3.05) is 6.54 Å². The zero-order chi connectivity index (χ0) is 15.6. The van der Waals surface area contributed by atoms with Crippen molar-refractivity contribution in [1.82, 2.24) is 15.5 Å². The summed E-state index contributed by atoms with van der Waals surface area (Å²) >= 11 is 2.85. The molecule has 114 valence electrons. The second kappa shape index (κ2) is 6.06. The minimum absolute atomic E-state index is 0.0652. The van der Waals surface area contributed by atoms with Crippen LogP contribution in [0.3, 0.4) is 0 Å². The number of hydrogen-bond acceptors (Lipinski definition) is 4. The molecule has 0 radical (unpaired) electrons. The van der Waals surface area contributed by atoms with E-state index in [-0.39, 0.29) is 28.3 Å². The molecule has 1 heterocycles. The Balaban J connectivity index is 2.12. The van der Waals surface area contributed by atoms with Crippen LogP contribution in [0.15, 0.2) is 21.1 Å². The molecular formula is C11H7BrF5N3O. The van der Waals surface area contributed by atoms with Gasteiger partial charge in [-0.3, -0.25) is 0 Å². The highest BCUT2D eigenvalue weighted by atomic mass is 79.9. The first-order valence-corrected chi connectivity index (χ1v) is 6.31. The van der Waals surface area contributed by atoms with E-state index >= 15 is 0 Å². The van der Waals surface area contributed by atoms with E-state index in [2.05, 4.69) is 31.4 Å². The van der Waals surface area contributed by atoms with Gasteiger partial charge in [0.05, 0.1) is 17.6 Å². The second-order valence-corrected chi connectivity index (χ2v) is 4.75. The van der Waals surface area contributed by atoms with Gasteiger partial charge in [0, 0.05) is 5.56 Å². The number of hydrogen-bond donors (Lipinski definition) is 1. The van der Waals surface area contributed by atoms with Gasteiger partial charge < -0.3 is 9.84 Å². The van der Waals surface area contributed by atoms with Crippen molar-refractivity contribution in [2.24, 2.45) is 0 Å². The van der Waals surface area contributed by atoms with Gasteiger partial charge in [0.2, 0.25) is 11.7 Å². The number of nitrogens with one attached hydrogen (secondary N) is 1. The van der Waals surface area contributed by atoms with E-state index in [0.717, 1.165) is 6.07 Å². The molecular weight excluding hydrogens is 365 g/mol. The maximum atomic E-state index is 13.4. The van der Waals surface area contributed by atoms with Crippen LogP contribution in [0.2, 0.25) is 0 Å². The smallest absolute Gasteiger partial charge is 0.338 e. The van der Waals surface area contributed by atoms with Gasteiger partial charge in [-0.2, -0.15) is 18.2 Å². The third-order valence-corrected chi connectivity index (χ3v) is 3.12. The highest BCUT2D eigenvalue weighted by Crippen LogP contribution is 2.29. The van der Waals surface area contributed by atoms with E-state index in [1.54, 1.807) is 0 Å². The molecule has 1 aromatic carbocycles. The molecule has 0 amide bonds. The molecule has 1 aromatic heterocycles. The highest BCUT2D eigenvalue weighted by Gasteiger charge is 2.26. The SMILES string of the molecule is Fc1ccc(-c2noc(CNCC(F)(F)F)n2)c(Br)c1F. The third kappa shape index (κ3) is 3.97. The van der Waals surface area contributed by atoms with E-state index in [9.17, 15) is 22.0 Å². The number of nitrogens with zero attached hydrogens (tertiary/aromatic N) is 2. The van der Waals surface area contributed by atoms with Crippen molar-refractivity contribution < 1.29 is 26.5 Å². The number of benzene rings is 1. The van der Waals surface area contributed by atoms with Crippen LogP contribution in [0, 0.1) is 11.6 Å². The summed E-state index contributed by atoms with van der Waals surface area (Å²) in [6, 6.07) is 2.10. The Morgan fingerprint density at radius 3 is 2.62 bits per heavy atom. The van der Waals surface area contributed by atoms with Gasteiger partial charge in [0.25, 0.3) is 0 Å². The van der Waals surface area contributed by atoms with Crippen LogP contribution in [0.4, 0.5) is 22.0 Å². The molecule has 2 aromatic rings. The Kier molecular flexibility index (Phi) is 4.57.